The van der Waals surface area contributed by atoms with Gasteiger partial charge in [-0.1, -0.05) is 17.5 Å². The maximum atomic E-state index is 5.43. The van der Waals surface area contributed by atoms with E-state index in [1.54, 1.807) is 7.11 Å². The van der Waals surface area contributed by atoms with Gasteiger partial charge in [0.1, 0.15) is 0 Å². The monoisotopic (exact) mass is 286 g/mol. The number of halogens is 1. The number of rotatable bonds is 3. The Morgan fingerprint density at radius 3 is 2.75 bits per heavy atom. The number of benzene rings is 2. The number of ether oxygens (including phenoxy) is 2. The second-order valence-electron chi connectivity index (χ2n) is 2.94. The molecule has 0 radical (unpaired) electrons. The van der Waals surface area contributed by atoms with Gasteiger partial charge in [-0.05, 0) is 0 Å². The van der Waals surface area contributed by atoms with E-state index in [1.807, 2.05) is 36.4 Å². The zero-order valence-corrected chi connectivity index (χ0v) is 12.8. The average molecular weight is 288 g/mol. The van der Waals surface area contributed by atoms with Crippen LogP contribution in [0, 0.1) is 6.07 Å². The minimum atomic E-state index is 0.272. The Balaban J connectivity index is 0.000000606. The van der Waals surface area contributed by atoms with Crippen LogP contribution < -0.4 is 4.74 Å². The summed E-state index contributed by atoms with van der Waals surface area (Å²) in [5.41, 5.74) is 0. The molecule has 2 nitrogen and oxygen atoms in total. The fourth-order valence-corrected chi connectivity index (χ4v) is 1.37. The molecule has 0 aliphatic carbocycles. The quantitative estimate of drug-likeness (QED) is 0.490. The first-order valence-electron chi connectivity index (χ1n) is 4.70. The van der Waals surface area contributed by atoms with Gasteiger partial charge in [-0.3, -0.25) is 0 Å². The Hall–Kier alpha value is -0.627. The molecule has 0 bridgehead atoms. The summed E-state index contributed by atoms with van der Waals surface area (Å²) >= 11 is 0.847. The summed E-state index contributed by atoms with van der Waals surface area (Å²) in [5, 5.41) is 2.12. The van der Waals surface area contributed by atoms with Gasteiger partial charge in [0.25, 0.3) is 0 Å². The van der Waals surface area contributed by atoms with Crippen molar-refractivity contribution >= 4 is 20.5 Å². The molecule has 0 spiro atoms. The third-order valence-electron chi connectivity index (χ3n) is 2.00. The Kier molecular flexibility index (Phi) is 6.40. The molecular formula is C12H11ClO2Zn. The minimum absolute atomic E-state index is 0.272. The van der Waals surface area contributed by atoms with Crippen molar-refractivity contribution in [2.75, 3.05) is 13.9 Å². The van der Waals surface area contributed by atoms with Crippen LogP contribution in [0.4, 0.5) is 0 Å². The van der Waals surface area contributed by atoms with Crippen LogP contribution >= 0.6 is 9.69 Å². The van der Waals surface area contributed by atoms with E-state index in [9.17, 15) is 0 Å². The van der Waals surface area contributed by atoms with Crippen LogP contribution in [0.5, 0.6) is 5.75 Å². The van der Waals surface area contributed by atoms with E-state index >= 15 is 0 Å². The predicted molar refractivity (Wildman–Crippen MR) is 61.1 cm³/mol. The molecule has 0 heterocycles. The Bertz CT molecular complexity index is 429. The van der Waals surface area contributed by atoms with Gasteiger partial charge < -0.3 is 9.47 Å². The van der Waals surface area contributed by atoms with Gasteiger partial charge >= 0.3 is 27.0 Å². The average Bonchev–Trinajstić information content (AvgIpc) is 2.38. The first-order valence-corrected chi connectivity index (χ1v) is 8.59. The normalized spacial score (nSPS) is 9.50. The van der Waals surface area contributed by atoms with Crippen molar-refractivity contribution in [3.8, 4) is 5.75 Å². The molecule has 0 saturated carbocycles. The van der Waals surface area contributed by atoms with Gasteiger partial charge in [0.2, 0.25) is 0 Å². The van der Waals surface area contributed by atoms with E-state index in [0.717, 1.165) is 33.8 Å². The standard InChI is InChI=1S/C12H11O2.ClH.Zn/c1-13-9-14-12-8-4-6-10-5-2-3-7-11(10)12;;/h2-5,7-8H,9H2,1H3;1H;/q-1;;+2/p-1. The Labute approximate surface area is 109 Å². The molecule has 4 heteroatoms. The van der Waals surface area contributed by atoms with Crippen molar-refractivity contribution in [3.05, 3.63) is 42.5 Å². The molecule has 80 valence electrons. The van der Waals surface area contributed by atoms with E-state index < -0.39 is 0 Å². The fraction of sp³-hybridized carbons (Fsp3) is 0.167. The second-order valence-corrected chi connectivity index (χ2v) is 2.94. The van der Waals surface area contributed by atoms with Crippen LogP contribution in [-0.4, -0.2) is 13.9 Å². The van der Waals surface area contributed by atoms with E-state index in [1.165, 1.54) is 0 Å². The van der Waals surface area contributed by atoms with Crippen LogP contribution in [0.2, 0.25) is 0 Å². The number of hydrogen-bond donors (Lipinski definition) is 0. The summed E-state index contributed by atoms with van der Waals surface area (Å²) in [6.45, 7) is 0.272. The molecule has 0 fully saturated rings. The SMILES string of the molecule is COCOc1cc[c-]c2ccccc12.[Cl][Zn+]. The molecule has 2 rings (SSSR count). The van der Waals surface area contributed by atoms with Crippen LogP contribution in [0.25, 0.3) is 10.8 Å². The van der Waals surface area contributed by atoms with E-state index in [0.29, 0.717) is 0 Å². The van der Waals surface area contributed by atoms with Crippen LogP contribution in [0.3, 0.4) is 0 Å². The van der Waals surface area contributed by atoms with Crippen LogP contribution in [0.1, 0.15) is 0 Å². The molecule has 2 aromatic rings. The molecule has 16 heavy (non-hydrogen) atoms. The van der Waals surface area contributed by atoms with Crippen LogP contribution in [-0.2, 0) is 22.0 Å². The first-order chi connectivity index (χ1) is 7.92. The van der Waals surface area contributed by atoms with E-state index in [4.69, 9.17) is 19.2 Å². The number of methoxy groups -OCH3 is 1. The van der Waals surface area contributed by atoms with Gasteiger partial charge in [0.15, 0.2) is 6.79 Å². The molecule has 0 N–H and O–H groups in total. The molecule has 0 aromatic heterocycles. The maximum absolute atomic E-state index is 5.43. The summed E-state index contributed by atoms with van der Waals surface area (Å²) in [7, 11) is 6.37. The molecule has 2 aromatic carbocycles. The summed E-state index contributed by atoms with van der Waals surface area (Å²) < 4.78 is 10.3. The van der Waals surface area contributed by atoms with Crippen molar-refractivity contribution in [1.82, 2.24) is 0 Å². The van der Waals surface area contributed by atoms with Crippen molar-refractivity contribution in [1.29, 1.82) is 0 Å². The summed E-state index contributed by atoms with van der Waals surface area (Å²) in [4.78, 5) is 0. The second kappa shape index (κ2) is 7.61. The predicted octanol–water partition coefficient (Wildman–Crippen LogP) is 3.31. The number of hydrogen-bond acceptors (Lipinski definition) is 2. The van der Waals surface area contributed by atoms with Crippen LogP contribution in [0.15, 0.2) is 36.4 Å². The third-order valence-corrected chi connectivity index (χ3v) is 2.00. The summed E-state index contributed by atoms with van der Waals surface area (Å²) in [6.07, 6.45) is 0. The summed E-state index contributed by atoms with van der Waals surface area (Å²) in [5.74, 6) is 0.834. The molecule has 0 atom stereocenters. The zero-order valence-electron chi connectivity index (χ0n) is 9.07. The van der Waals surface area contributed by atoms with Gasteiger partial charge in [-0.25, -0.2) is 0 Å². The third kappa shape index (κ3) is 3.45. The summed E-state index contributed by atoms with van der Waals surface area (Å²) in [6, 6.07) is 14.9. The molecule has 0 unspecified atom stereocenters. The Morgan fingerprint density at radius 1 is 1.25 bits per heavy atom. The Morgan fingerprint density at radius 2 is 2.00 bits per heavy atom. The van der Waals surface area contributed by atoms with Gasteiger partial charge in [0, 0.05) is 12.9 Å². The molecule has 0 amide bonds. The van der Waals surface area contributed by atoms with Gasteiger partial charge in [-0.2, -0.15) is 0 Å². The van der Waals surface area contributed by atoms with Gasteiger partial charge in [-0.15, -0.1) is 35.7 Å². The van der Waals surface area contributed by atoms with E-state index in [2.05, 4.69) is 6.07 Å². The molecule has 0 aliphatic heterocycles. The molecular weight excluding hydrogens is 277 g/mol. The van der Waals surface area contributed by atoms with Crippen molar-refractivity contribution in [3.63, 3.8) is 0 Å². The topological polar surface area (TPSA) is 18.5 Å². The van der Waals surface area contributed by atoms with Crippen molar-refractivity contribution < 1.29 is 26.8 Å². The first kappa shape index (κ1) is 13.4. The molecule has 0 aliphatic rings. The van der Waals surface area contributed by atoms with Gasteiger partial charge in [0.05, 0.1) is 0 Å². The zero-order chi connectivity index (χ0) is 11.8. The van der Waals surface area contributed by atoms with Crippen molar-refractivity contribution in [2.45, 2.75) is 0 Å². The van der Waals surface area contributed by atoms with Crippen molar-refractivity contribution in [2.24, 2.45) is 0 Å². The van der Waals surface area contributed by atoms with E-state index in [-0.39, 0.29) is 6.79 Å². The number of fused-ring (bicyclic) bond motifs is 1. The fourth-order valence-electron chi connectivity index (χ4n) is 1.37. The molecule has 0 saturated heterocycles.